The molecule has 10 heteroatoms. The predicted octanol–water partition coefficient (Wildman–Crippen LogP) is 0.366. The smallest absolute Gasteiger partial charge is 0.332 e. The molecular formula is C12H15N5O3S2. The van der Waals surface area contributed by atoms with E-state index < -0.39 is 17.0 Å². The summed E-state index contributed by atoms with van der Waals surface area (Å²) in [5.74, 6) is -0.486. The van der Waals surface area contributed by atoms with Gasteiger partial charge >= 0.3 is 5.69 Å². The number of thioether (sulfide) groups is 1. The van der Waals surface area contributed by atoms with Gasteiger partial charge in [-0.1, -0.05) is 30.0 Å². The molecule has 0 aliphatic carbocycles. The van der Waals surface area contributed by atoms with Crippen molar-refractivity contribution in [2.75, 3.05) is 11.5 Å². The fourth-order valence-corrected chi connectivity index (χ4v) is 3.27. The molecule has 0 radical (unpaired) electrons. The van der Waals surface area contributed by atoms with Crippen LogP contribution in [0.25, 0.3) is 0 Å². The van der Waals surface area contributed by atoms with Crippen LogP contribution < -0.4 is 17.0 Å². The Labute approximate surface area is 134 Å². The second-order valence-electron chi connectivity index (χ2n) is 4.48. The summed E-state index contributed by atoms with van der Waals surface area (Å²) in [6.07, 6.45) is 0.662. The van der Waals surface area contributed by atoms with Crippen LogP contribution in [0.4, 0.5) is 5.82 Å². The highest BCUT2D eigenvalue weighted by Gasteiger charge is 2.21. The van der Waals surface area contributed by atoms with Gasteiger partial charge < -0.3 is 5.73 Å². The minimum Gasteiger partial charge on any atom is -0.384 e. The quantitative estimate of drug-likeness (QED) is 0.596. The second kappa shape index (κ2) is 6.88. The first kappa shape index (κ1) is 16.4. The number of hydrogen-bond donors (Lipinski definition) is 1. The molecule has 2 heterocycles. The van der Waals surface area contributed by atoms with E-state index in [1.807, 2.05) is 6.92 Å². The van der Waals surface area contributed by atoms with Crippen molar-refractivity contribution in [3.63, 3.8) is 0 Å². The molecule has 2 aromatic rings. The summed E-state index contributed by atoms with van der Waals surface area (Å²) in [4.78, 5) is 36.5. The third-order valence-corrected chi connectivity index (χ3v) is 4.84. The summed E-state index contributed by atoms with van der Waals surface area (Å²) in [6, 6.07) is 0. The summed E-state index contributed by atoms with van der Waals surface area (Å²) in [7, 11) is 1.34. The van der Waals surface area contributed by atoms with E-state index in [1.165, 1.54) is 34.7 Å². The van der Waals surface area contributed by atoms with E-state index >= 15 is 0 Å². The molecule has 8 nitrogen and oxygen atoms in total. The molecule has 0 aliphatic heterocycles. The number of Topliss-reactive ketones (excluding diaryl/α,β-unsaturated/α-hetero) is 1. The van der Waals surface area contributed by atoms with Crippen molar-refractivity contribution in [1.82, 2.24) is 19.3 Å². The average Bonchev–Trinajstić information content (AvgIpc) is 3.01. The van der Waals surface area contributed by atoms with Gasteiger partial charge in [0.05, 0.1) is 5.75 Å². The van der Waals surface area contributed by atoms with Crippen LogP contribution in [0, 0.1) is 0 Å². The normalized spacial score (nSPS) is 10.8. The van der Waals surface area contributed by atoms with Gasteiger partial charge in [-0.2, -0.15) is 0 Å². The standard InChI is InChI=1S/C12H15N5O3S2/c1-3-4-17-9(13)8(10(19)16(2)12(17)20)7(18)5-21-11-15-14-6-22-11/h6H,3-5,13H2,1-2H3. The lowest BCUT2D eigenvalue weighted by Crippen LogP contribution is -2.42. The molecule has 0 fully saturated rings. The predicted molar refractivity (Wildman–Crippen MR) is 85.6 cm³/mol. The number of carbonyl (C=O) groups is 1. The first-order valence-corrected chi connectivity index (χ1v) is 8.35. The highest BCUT2D eigenvalue weighted by Crippen LogP contribution is 2.20. The Morgan fingerprint density at radius 2 is 2.18 bits per heavy atom. The summed E-state index contributed by atoms with van der Waals surface area (Å²) in [5.41, 5.74) is 6.11. The maximum atomic E-state index is 12.3. The van der Waals surface area contributed by atoms with Crippen LogP contribution in [0.5, 0.6) is 0 Å². The molecule has 0 spiro atoms. The lowest BCUT2D eigenvalue weighted by atomic mass is 10.2. The molecule has 22 heavy (non-hydrogen) atoms. The largest absolute Gasteiger partial charge is 0.384 e. The van der Waals surface area contributed by atoms with E-state index in [9.17, 15) is 14.4 Å². The van der Waals surface area contributed by atoms with Crippen LogP contribution in [0.15, 0.2) is 19.4 Å². The Balaban J connectivity index is 2.39. The summed E-state index contributed by atoms with van der Waals surface area (Å²) >= 11 is 2.49. The molecule has 2 aromatic heterocycles. The Morgan fingerprint density at radius 1 is 1.45 bits per heavy atom. The number of nitrogens with two attached hydrogens (primary N) is 1. The van der Waals surface area contributed by atoms with Gasteiger partial charge in [-0.15, -0.1) is 10.2 Å². The van der Waals surface area contributed by atoms with Gasteiger partial charge in [0.15, 0.2) is 10.1 Å². The van der Waals surface area contributed by atoms with Crippen molar-refractivity contribution >= 4 is 34.7 Å². The van der Waals surface area contributed by atoms with Crippen LogP contribution in [0.1, 0.15) is 23.7 Å². The third-order valence-electron chi connectivity index (χ3n) is 2.98. The lowest BCUT2D eigenvalue weighted by molar-refractivity contribution is 0.102. The summed E-state index contributed by atoms with van der Waals surface area (Å²) in [6.45, 7) is 2.23. The monoisotopic (exact) mass is 341 g/mol. The van der Waals surface area contributed by atoms with Gasteiger partial charge in [-0.3, -0.25) is 18.7 Å². The number of anilines is 1. The van der Waals surface area contributed by atoms with Crippen molar-refractivity contribution in [1.29, 1.82) is 0 Å². The van der Waals surface area contributed by atoms with Crippen LogP contribution >= 0.6 is 23.1 Å². The molecule has 0 amide bonds. The van der Waals surface area contributed by atoms with Crippen LogP contribution in [0.3, 0.4) is 0 Å². The van der Waals surface area contributed by atoms with Crippen molar-refractivity contribution in [3.05, 3.63) is 31.9 Å². The maximum Gasteiger partial charge on any atom is 0.332 e. The molecule has 0 aromatic carbocycles. The van der Waals surface area contributed by atoms with Gasteiger partial charge in [-0.05, 0) is 6.42 Å². The number of aromatic nitrogens is 4. The molecule has 0 atom stereocenters. The zero-order valence-electron chi connectivity index (χ0n) is 12.1. The van der Waals surface area contributed by atoms with E-state index in [-0.39, 0.29) is 17.1 Å². The number of rotatable bonds is 6. The van der Waals surface area contributed by atoms with Gasteiger partial charge in [0.1, 0.15) is 16.9 Å². The molecular weight excluding hydrogens is 326 g/mol. The van der Waals surface area contributed by atoms with Crippen LogP contribution in [-0.2, 0) is 13.6 Å². The molecule has 2 rings (SSSR count). The number of nitrogen functional groups attached to an aromatic ring is 1. The van der Waals surface area contributed by atoms with Crippen molar-refractivity contribution in [3.8, 4) is 0 Å². The SMILES string of the molecule is CCCn1c(N)c(C(=O)CSc2nncs2)c(=O)n(C)c1=O. The van der Waals surface area contributed by atoms with Crippen molar-refractivity contribution < 1.29 is 4.79 Å². The molecule has 2 N–H and O–H groups in total. The number of hydrogen-bond acceptors (Lipinski definition) is 8. The topological polar surface area (TPSA) is 113 Å². The Kier molecular flexibility index (Phi) is 5.14. The third kappa shape index (κ3) is 3.12. The number of carbonyl (C=O) groups excluding carboxylic acids is 1. The maximum absolute atomic E-state index is 12.3. The number of nitrogens with zero attached hydrogens (tertiary/aromatic N) is 4. The zero-order chi connectivity index (χ0) is 16.3. The molecule has 0 saturated carbocycles. The van der Waals surface area contributed by atoms with E-state index in [1.54, 1.807) is 5.51 Å². The van der Waals surface area contributed by atoms with E-state index in [0.29, 0.717) is 17.3 Å². The molecule has 0 unspecified atom stereocenters. The lowest BCUT2D eigenvalue weighted by Gasteiger charge is -2.13. The Hall–Kier alpha value is -1.94. The second-order valence-corrected chi connectivity index (χ2v) is 6.53. The van der Waals surface area contributed by atoms with E-state index in [2.05, 4.69) is 10.2 Å². The van der Waals surface area contributed by atoms with Gasteiger partial charge in [0.25, 0.3) is 5.56 Å². The minimum atomic E-state index is -0.669. The van der Waals surface area contributed by atoms with Gasteiger partial charge in [-0.25, -0.2) is 4.79 Å². The summed E-state index contributed by atoms with van der Waals surface area (Å²) in [5, 5.41) is 7.49. The Morgan fingerprint density at radius 3 is 2.77 bits per heavy atom. The molecule has 0 bridgehead atoms. The van der Waals surface area contributed by atoms with Crippen LogP contribution in [-0.4, -0.2) is 30.9 Å². The van der Waals surface area contributed by atoms with Crippen molar-refractivity contribution in [2.24, 2.45) is 7.05 Å². The zero-order valence-corrected chi connectivity index (χ0v) is 13.7. The summed E-state index contributed by atoms with van der Waals surface area (Å²) < 4.78 is 2.80. The molecule has 118 valence electrons. The highest BCUT2D eigenvalue weighted by molar-refractivity contribution is 8.01. The fourth-order valence-electron chi connectivity index (χ4n) is 1.91. The minimum absolute atomic E-state index is 0.0129. The first-order chi connectivity index (χ1) is 10.5. The van der Waals surface area contributed by atoms with Crippen molar-refractivity contribution in [2.45, 2.75) is 24.2 Å². The molecule has 0 saturated heterocycles. The van der Waals surface area contributed by atoms with E-state index in [0.717, 1.165) is 4.57 Å². The van der Waals surface area contributed by atoms with Gasteiger partial charge in [0, 0.05) is 13.6 Å². The van der Waals surface area contributed by atoms with E-state index in [4.69, 9.17) is 5.73 Å². The average molecular weight is 341 g/mol. The van der Waals surface area contributed by atoms with Gasteiger partial charge in [0.2, 0.25) is 0 Å². The Bertz CT molecular complexity index is 794. The fraction of sp³-hybridized carbons (Fsp3) is 0.417. The first-order valence-electron chi connectivity index (χ1n) is 6.48. The van der Waals surface area contributed by atoms with Crippen LogP contribution in [0.2, 0.25) is 0 Å². The highest BCUT2D eigenvalue weighted by atomic mass is 32.2. The molecule has 0 aliphatic rings. The number of ketones is 1.